The van der Waals surface area contributed by atoms with E-state index in [-0.39, 0.29) is 0 Å². The molecule has 0 aliphatic heterocycles. The summed E-state index contributed by atoms with van der Waals surface area (Å²) in [5.74, 6) is 0.839. The molecule has 0 amide bonds. The van der Waals surface area contributed by atoms with E-state index in [0.717, 1.165) is 5.92 Å². The summed E-state index contributed by atoms with van der Waals surface area (Å²) in [5, 5.41) is 2.78. The quantitative estimate of drug-likeness (QED) is 0.761. The molecule has 2 aromatic rings. The average Bonchev–Trinajstić information content (AvgIpc) is 2.61. The van der Waals surface area contributed by atoms with Crippen LogP contribution in [0.3, 0.4) is 0 Å². The van der Waals surface area contributed by atoms with Crippen LogP contribution in [0.1, 0.15) is 46.5 Å². The highest BCUT2D eigenvalue weighted by atomic mass is 28.3. The molecule has 1 fully saturated rings. The first-order chi connectivity index (χ1) is 11.5. The smallest absolute Gasteiger partial charge is 0.240 e. The largest absolute Gasteiger partial charge is 0.408 e. The van der Waals surface area contributed by atoms with Gasteiger partial charge in [0, 0.05) is 6.10 Å². The fourth-order valence-corrected chi connectivity index (χ4v) is 6.36. The average molecular weight is 339 g/mol. The van der Waals surface area contributed by atoms with Crippen LogP contribution in [0.15, 0.2) is 60.7 Å². The Bertz CT molecular complexity index is 570. The molecule has 3 rings (SSSR count). The van der Waals surface area contributed by atoms with E-state index in [1.807, 2.05) is 0 Å². The molecule has 1 nitrogen and oxygen atoms in total. The third-order valence-corrected chi connectivity index (χ3v) is 8.07. The monoisotopic (exact) mass is 338 g/mol. The van der Waals surface area contributed by atoms with Crippen molar-refractivity contribution in [2.24, 2.45) is 11.3 Å². The maximum absolute atomic E-state index is 6.76. The van der Waals surface area contributed by atoms with E-state index in [2.05, 4.69) is 81.4 Å². The fraction of sp³-hybridized carbons (Fsp3) is 0.455. The Kier molecular flexibility index (Phi) is 5.57. The van der Waals surface area contributed by atoms with E-state index in [1.54, 1.807) is 0 Å². The van der Waals surface area contributed by atoms with Gasteiger partial charge in [-0.2, -0.15) is 0 Å². The van der Waals surface area contributed by atoms with Crippen LogP contribution in [0.25, 0.3) is 0 Å². The van der Waals surface area contributed by atoms with Gasteiger partial charge in [-0.15, -0.1) is 0 Å². The van der Waals surface area contributed by atoms with Gasteiger partial charge >= 0.3 is 0 Å². The molecule has 0 N–H and O–H groups in total. The van der Waals surface area contributed by atoms with Crippen LogP contribution in [-0.4, -0.2) is 15.1 Å². The number of rotatable bonds is 4. The molecule has 0 heterocycles. The number of hydrogen-bond acceptors (Lipinski definition) is 1. The van der Waals surface area contributed by atoms with Crippen LogP contribution in [0.5, 0.6) is 0 Å². The lowest BCUT2D eigenvalue weighted by molar-refractivity contribution is 0.0900. The molecule has 1 saturated carbocycles. The van der Waals surface area contributed by atoms with Crippen molar-refractivity contribution in [2.75, 3.05) is 0 Å². The summed E-state index contributed by atoms with van der Waals surface area (Å²) in [5.41, 5.74) is 0.431. The van der Waals surface area contributed by atoms with Gasteiger partial charge in [-0.3, -0.25) is 0 Å². The van der Waals surface area contributed by atoms with Crippen LogP contribution in [-0.2, 0) is 4.43 Å². The number of benzene rings is 2. The van der Waals surface area contributed by atoms with Crippen molar-refractivity contribution in [3.05, 3.63) is 60.7 Å². The van der Waals surface area contributed by atoms with Gasteiger partial charge in [0.05, 0.1) is 0 Å². The normalized spacial score (nSPS) is 21.8. The summed E-state index contributed by atoms with van der Waals surface area (Å²) in [6.07, 6.45) is 5.47. The zero-order chi connectivity index (χ0) is 17.0. The Hall–Kier alpha value is -1.38. The lowest BCUT2D eigenvalue weighted by atomic mass is 9.72. The van der Waals surface area contributed by atoms with Gasteiger partial charge in [0.25, 0.3) is 0 Å². The van der Waals surface area contributed by atoms with E-state index in [1.165, 1.54) is 36.1 Å². The van der Waals surface area contributed by atoms with Crippen molar-refractivity contribution in [3.63, 3.8) is 0 Å². The summed E-state index contributed by atoms with van der Waals surface area (Å²) in [7, 11) is -1.59. The lowest BCUT2D eigenvalue weighted by Crippen LogP contribution is -2.48. The summed E-state index contributed by atoms with van der Waals surface area (Å²) in [6, 6.07) is 21.7. The van der Waals surface area contributed by atoms with Crippen LogP contribution in [0.4, 0.5) is 0 Å². The standard InChI is InChI=1S/C22H30OSi/c1-22(2,3)18-14-16-19(17-15-18)23-24(20-10-6-4-7-11-20)21-12-8-5-9-13-21/h4-13,18-19,24H,14-17H2,1-3H3. The molecular weight excluding hydrogens is 308 g/mol. The molecule has 2 aromatic carbocycles. The summed E-state index contributed by atoms with van der Waals surface area (Å²) >= 11 is 0. The van der Waals surface area contributed by atoms with Crippen molar-refractivity contribution in [1.29, 1.82) is 0 Å². The molecule has 1 aliphatic carbocycles. The predicted molar refractivity (Wildman–Crippen MR) is 106 cm³/mol. The van der Waals surface area contributed by atoms with E-state index >= 15 is 0 Å². The van der Waals surface area contributed by atoms with Crippen molar-refractivity contribution >= 4 is 19.4 Å². The fourth-order valence-electron chi connectivity index (χ4n) is 3.86. The maximum atomic E-state index is 6.76. The van der Waals surface area contributed by atoms with Gasteiger partial charge in [-0.05, 0) is 47.4 Å². The zero-order valence-corrected chi connectivity index (χ0v) is 16.4. The second kappa shape index (κ2) is 7.67. The van der Waals surface area contributed by atoms with E-state index in [0.29, 0.717) is 11.5 Å². The van der Waals surface area contributed by atoms with Crippen molar-refractivity contribution in [1.82, 2.24) is 0 Å². The minimum atomic E-state index is -1.59. The maximum Gasteiger partial charge on any atom is 0.240 e. The molecule has 24 heavy (non-hydrogen) atoms. The topological polar surface area (TPSA) is 9.23 Å². The van der Waals surface area contributed by atoms with E-state index in [4.69, 9.17) is 4.43 Å². The summed E-state index contributed by atoms with van der Waals surface area (Å²) < 4.78 is 6.76. The lowest BCUT2D eigenvalue weighted by Gasteiger charge is -2.38. The predicted octanol–water partition coefficient (Wildman–Crippen LogP) is 4.15. The first-order valence-corrected chi connectivity index (χ1v) is 10.9. The summed E-state index contributed by atoms with van der Waals surface area (Å²) in [4.78, 5) is 0. The van der Waals surface area contributed by atoms with Crippen LogP contribution >= 0.6 is 0 Å². The SMILES string of the molecule is CC(C)(C)C1CCC(O[SiH](c2ccccc2)c2ccccc2)CC1. The first kappa shape index (κ1) is 17.4. The second-order valence-corrected chi connectivity index (χ2v) is 10.5. The third kappa shape index (κ3) is 4.37. The van der Waals surface area contributed by atoms with Gasteiger partial charge in [-0.25, -0.2) is 0 Å². The molecular formula is C22H30OSi. The molecule has 128 valence electrons. The van der Waals surface area contributed by atoms with Gasteiger partial charge in [0.1, 0.15) is 0 Å². The summed E-state index contributed by atoms with van der Waals surface area (Å²) in [6.45, 7) is 7.14. The van der Waals surface area contributed by atoms with Gasteiger partial charge in [0.2, 0.25) is 9.04 Å². The van der Waals surface area contributed by atoms with Gasteiger partial charge in [0.15, 0.2) is 0 Å². The Morgan fingerprint density at radius 2 is 1.21 bits per heavy atom. The van der Waals surface area contributed by atoms with Crippen molar-refractivity contribution < 1.29 is 4.43 Å². The van der Waals surface area contributed by atoms with Crippen molar-refractivity contribution in [3.8, 4) is 0 Å². The minimum absolute atomic E-state index is 0.431. The molecule has 0 unspecified atom stereocenters. The minimum Gasteiger partial charge on any atom is -0.408 e. The molecule has 0 aromatic heterocycles. The van der Waals surface area contributed by atoms with Gasteiger partial charge in [-0.1, -0.05) is 81.4 Å². The Labute approximate surface area is 148 Å². The van der Waals surface area contributed by atoms with Crippen molar-refractivity contribution in [2.45, 2.75) is 52.6 Å². The number of hydrogen-bond donors (Lipinski definition) is 0. The molecule has 0 saturated heterocycles. The highest BCUT2D eigenvalue weighted by Crippen LogP contribution is 2.38. The second-order valence-electron chi connectivity index (χ2n) is 8.18. The third-order valence-electron chi connectivity index (χ3n) is 5.43. The molecule has 0 bridgehead atoms. The Balaban J connectivity index is 1.72. The molecule has 0 atom stereocenters. The molecule has 1 aliphatic rings. The van der Waals surface area contributed by atoms with Crippen LogP contribution in [0, 0.1) is 11.3 Å². The molecule has 0 spiro atoms. The zero-order valence-electron chi connectivity index (χ0n) is 15.2. The van der Waals surface area contributed by atoms with E-state index in [9.17, 15) is 0 Å². The Morgan fingerprint density at radius 1 is 0.750 bits per heavy atom. The Morgan fingerprint density at radius 3 is 1.62 bits per heavy atom. The van der Waals surface area contributed by atoms with Crippen LogP contribution in [0.2, 0.25) is 0 Å². The highest BCUT2D eigenvalue weighted by Gasteiger charge is 2.31. The highest BCUT2D eigenvalue weighted by molar-refractivity contribution is 6.80. The van der Waals surface area contributed by atoms with E-state index < -0.39 is 9.04 Å². The van der Waals surface area contributed by atoms with Crippen LogP contribution < -0.4 is 10.4 Å². The molecule has 2 heteroatoms. The first-order valence-electron chi connectivity index (χ1n) is 9.29. The molecule has 0 radical (unpaired) electrons. The van der Waals surface area contributed by atoms with Gasteiger partial charge < -0.3 is 4.43 Å².